The summed E-state index contributed by atoms with van der Waals surface area (Å²) in [6.07, 6.45) is 2.70. The normalized spacial score (nSPS) is 33.6. The van der Waals surface area contributed by atoms with Crippen LogP contribution in [0.5, 0.6) is 0 Å². The van der Waals surface area contributed by atoms with Crippen LogP contribution in [0.4, 0.5) is 0 Å². The number of hydrogen-bond acceptors (Lipinski definition) is 3. The molecule has 114 valence electrons. The van der Waals surface area contributed by atoms with E-state index in [0.717, 1.165) is 30.9 Å². The Kier molecular flexibility index (Phi) is 7.33. The molecule has 0 aromatic heterocycles. The average Bonchev–Trinajstić information content (AvgIpc) is 2.33. The van der Waals surface area contributed by atoms with Crippen molar-refractivity contribution in [1.82, 2.24) is 10.2 Å². The van der Waals surface area contributed by atoms with Crippen molar-refractivity contribution in [2.45, 2.75) is 52.6 Å². The van der Waals surface area contributed by atoms with Crippen molar-refractivity contribution >= 4 is 0 Å². The van der Waals surface area contributed by atoms with Gasteiger partial charge in [-0.25, -0.2) is 0 Å². The maximum atomic E-state index is 5.27. The van der Waals surface area contributed by atoms with Gasteiger partial charge in [-0.3, -0.25) is 0 Å². The van der Waals surface area contributed by atoms with E-state index in [4.69, 9.17) is 4.74 Å². The molecule has 0 heterocycles. The summed E-state index contributed by atoms with van der Waals surface area (Å²) in [5.74, 6) is 2.43. The number of likely N-dealkylation sites (N-methyl/N-ethyl adjacent to an activating group) is 1. The van der Waals surface area contributed by atoms with Crippen LogP contribution in [0.1, 0.15) is 40.5 Å². The van der Waals surface area contributed by atoms with Crippen LogP contribution in [-0.4, -0.2) is 50.8 Å². The van der Waals surface area contributed by atoms with Gasteiger partial charge in [-0.2, -0.15) is 0 Å². The van der Waals surface area contributed by atoms with Crippen molar-refractivity contribution in [3.05, 3.63) is 0 Å². The molecule has 0 aliphatic heterocycles. The first-order valence-electron chi connectivity index (χ1n) is 7.92. The number of nitrogens with one attached hydrogen (secondary N) is 1. The fourth-order valence-electron chi connectivity index (χ4n) is 3.60. The molecule has 0 saturated heterocycles. The molecule has 19 heavy (non-hydrogen) atoms. The van der Waals surface area contributed by atoms with Crippen LogP contribution in [0, 0.1) is 17.8 Å². The lowest BCUT2D eigenvalue weighted by atomic mass is 9.72. The van der Waals surface area contributed by atoms with Crippen molar-refractivity contribution in [3.63, 3.8) is 0 Å². The predicted octanol–water partition coefficient (Wildman–Crippen LogP) is 2.61. The van der Waals surface area contributed by atoms with Crippen molar-refractivity contribution in [3.8, 4) is 0 Å². The Morgan fingerprint density at radius 3 is 2.58 bits per heavy atom. The number of rotatable bonds is 7. The van der Waals surface area contributed by atoms with Crippen LogP contribution in [0.15, 0.2) is 0 Å². The van der Waals surface area contributed by atoms with Crippen molar-refractivity contribution < 1.29 is 4.74 Å². The second kappa shape index (κ2) is 8.23. The van der Waals surface area contributed by atoms with Gasteiger partial charge < -0.3 is 15.0 Å². The standard InChI is InChI=1S/C16H34N2O/c1-7-17-16-9-12(2)8-13(3)15(16)10-18(5)14(4)11-19-6/h12-17H,7-11H2,1-6H3. The summed E-state index contributed by atoms with van der Waals surface area (Å²) in [6, 6.07) is 1.18. The van der Waals surface area contributed by atoms with Crippen molar-refractivity contribution in [2.75, 3.05) is 33.9 Å². The van der Waals surface area contributed by atoms with Gasteiger partial charge in [0.2, 0.25) is 0 Å². The maximum Gasteiger partial charge on any atom is 0.0615 e. The SMILES string of the molecule is CCNC1CC(C)CC(C)C1CN(C)C(C)COC. The summed E-state index contributed by atoms with van der Waals surface area (Å²) in [4.78, 5) is 2.46. The van der Waals surface area contributed by atoms with Crippen LogP contribution in [0.25, 0.3) is 0 Å². The van der Waals surface area contributed by atoms with E-state index in [1.54, 1.807) is 7.11 Å². The fourth-order valence-corrected chi connectivity index (χ4v) is 3.60. The molecular weight excluding hydrogens is 236 g/mol. The Morgan fingerprint density at radius 1 is 1.32 bits per heavy atom. The second-order valence-electron chi connectivity index (χ2n) is 6.63. The van der Waals surface area contributed by atoms with Gasteiger partial charge in [0.25, 0.3) is 0 Å². The third kappa shape index (κ3) is 5.05. The molecule has 1 rings (SSSR count). The number of nitrogens with zero attached hydrogens (tertiary/aromatic N) is 1. The van der Waals surface area contributed by atoms with Gasteiger partial charge >= 0.3 is 0 Å². The number of ether oxygens (including phenoxy) is 1. The van der Waals surface area contributed by atoms with Crippen molar-refractivity contribution in [2.24, 2.45) is 17.8 Å². The van der Waals surface area contributed by atoms with Gasteiger partial charge in [0.05, 0.1) is 6.61 Å². The van der Waals surface area contributed by atoms with Gasteiger partial charge in [0.15, 0.2) is 0 Å². The van der Waals surface area contributed by atoms with E-state index in [0.29, 0.717) is 12.1 Å². The summed E-state index contributed by atoms with van der Waals surface area (Å²) < 4.78 is 5.27. The monoisotopic (exact) mass is 270 g/mol. The van der Waals surface area contributed by atoms with E-state index < -0.39 is 0 Å². The third-order valence-electron chi connectivity index (χ3n) is 4.80. The first kappa shape index (κ1) is 16.9. The summed E-state index contributed by atoms with van der Waals surface area (Å²) >= 11 is 0. The molecule has 0 radical (unpaired) electrons. The first-order valence-corrected chi connectivity index (χ1v) is 7.92. The zero-order valence-electron chi connectivity index (χ0n) is 13.8. The summed E-state index contributed by atoms with van der Waals surface area (Å²) in [6.45, 7) is 12.4. The Morgan fingerprint density at radius 2 is 2.00 bits per heavy atom. The van der Waals surface area contributed by atoms with E-state index in [1.165, 1.54) is 19.4 Å². The minimum Gasteiger partial charge on any atom is -0.383 e. The largest absolute Gasteiger partial charge is 0.383 e. The number of methoxy groups -OCH3 is 1. The molecule has 0 amide bonds. The highest BCUT2D eigenvalue weighted by atomic mass is 16.5. The molecular formula is C16H34N2O. The van der Waals surface area contributed by atoms with E-state index in [2.05, 4.69) is 45.0 Å². The van der Waals surface area contributed by atoms with Gasteiger partial charge in [-0.15, -0.1) is 0 Å². The quantitative estimate of drug-likeness (QED) is 0.769. The molecule has 5 unspecified atom stereocenters. The molecule has 0 aromatic carbocycles. The molecule has 1 N–H and O–H groups in total. The lowest BCUT2D eigenvalue weighted by Gasteiger charge is -2.42. The van der Waals surface area contributed by atoms with Crippen LogP contribution in [-0.2, 0) is 4.74 Å². The molecule has 3 nitrogen and oxygen atoms in total. The van der Waals surface area contributed by atoms with E-state index >= 15 is 0 Å². The third-order valence-corrected chi connectivity index (χ3v) is 4.80. The van der Waals surface area contributed by atoms with Crippen LogP contribution in [0.2, 0.25) is 0 Å². The number of hydrogen-bond donors (Lipinski definition) is 1. The molecule has 1 aliphatic rings. The Bertz CT molecular complexity index is 247. The average molecular weight is 270 g/mol. The fraction of sp³-hybridized carbons (Fsp3) is 1.00. The Balaban J connectivity index is 2.60. The lowest BCUT2D eigenvalue weighted by Crippen LogP contribution is -2.50. The van der Waals surface area contributed by atoms with Gasteiger partial charge in [-0.1, -0.05) is 20.8 Å². The highest BCUT2D eigenvalue weighted by Crippen LogP contribution is 2.34. The highest BCUT2D eigenvalue weighted by Gasteiger charge is 2.34. The van der Waals surface area contributed by atoms with Crippen molar-refractivity contribution in [1.29, 1.82) is 0 Å². The molecule has 0 aromatic rings. The smallest absolute Gasteiger partial charge is 0.0615 e. The summed E-state index contributed by atoms with van der Waals surface area (Å²) in [5.41, 5.74) is 0. The van der Waals surface area contributed by atoms with Crippen LogP contribution in [0.3, 0.4) is 0 Å². The molecule has 1 aliphatic carbocycles. The van der Waals surface area contributed by atoms with Gasteiger partial charge in [0, 0.05) is 25.7 Å². The Labute approximate surface area is 120 Å². The first-order chi connectivity index (χ1) is 8.99. The summed E-state index contributed by atoms with van der Waals surface area (Å²) in [7, 11) is 4.02. The minimum absolute atomic E-state index is 0.499. The van der Waals surface area contributed by atoms with E-state index in [-0.39, 0.29) is 0 Å². The molecule has 1 fully saturated rings. The molecule has 1 saturated carbocycles. The molecule has 0 bridgehead atoms. The summed E-state index contributed by atoms with van der Waals surface area (Å²) in [5, 5.41) is 3.71. The zero-order valence-corrected chi connectivity index (χ0v) is 13.8. The maximum absolute atomic E-state index is 5.27. The molecule has 0 spiro atoms. The minimum atomic E-state index is 0.499. The predicted molar refractivity (Wildman–Crippen MR) is 82.5 cm³/mol. The Hall–Kier alpha value is -0.120. The zero-order chi connectivity index (χ0) is 14.4. The lowest BCUT2D eigenvalue weighted by molar-refractivity contribution is 0.0674. The van der Waals surface area contributed by atoms with Crippen LogP contribution < -0.4 is 5.32 Å². The molecule has 5 atom stereocenters. The van der Waals surface area contributed by atoms with E-state index in [1.807, 2.05) is 0 Å². The van der Waals surface area contributed by atoms with Gasteiger partial charge in [-0.05, 0) is 51.1 Å². The van der Waals surface area contributed by atoms with Gasteiger partial charge in [0.1, 0.15) is 0 Å². The topological polar surface area (TPSA) is 24.5 Å². The van der Waals surface area contributed by atoms with Crippen LogP contribution >= 0.6 is 0 Å². The second-order valence-corrected chi connectivity index (χ2v) is 6.63. The molecule has 3 heteroatoms. The van der Waals surface area contributed by atoms with E-state index in [9.17, 15) is 0 Å². The highest BCUT2D eigenvalue weighted by molar-refractivity contribution is 4.89.